The van der Waals surface area contributed by atoms with Crippen molar-refractivity contribution in [2.24, 2.45) is 5.14 Å². The summed E-state index contributed by atoms with van der Waals surface area (Å²) in [6, 6.07) is 1.26. The van der Waals surface area contributed by atoms with Gasteiger partial charge in [0.2, 0.25) is 10.3 Å². The third kappa shape index (κ3) is 2.63. The number of primary sulfonamides is 1. The van der Waals surface area contributed by atoms with Crippen LogP contribution in [0.15, 0.2) is 15.6 Å². The third-order valence-electron chi connectivity index (χ3n) is 3.36. The normalized spacial score (nSPS) is 23.9. The van der Waals surface area contributed by atoms with Crippen LogP contribution in [0.4, 0.5) is 0 Å². The summed E-state index contributed by atoms with van der Waals surface area (Å²) in [5.41, 5.74) is 0.0336. The first kappa shape index (κ1) is 14.4. The van der Waals surface area contributed by atoms with Crippen LogP contribution in [0.3, 0.4) is 0 Å². The van der Waals surface area contributed by atoms with Crippen molar-refractivity contribution in [3.05, 3.63) is 16.8 Å². The molecule has 2 heterocycles. The average molecular weight is 307 g/mol. The number of sulfonamides is 1. The highest BCUT2D eigenvalue weighted by molar-refractivity contribution is 7.89. The zero-order valence-electron chi connectivity index (χ0n) is 10.6. The van der Waals surface area contributed by atoms with E-state index in [2.05, 4.69) is 0 Å². The summed E-state index contributed by atoms with van der Waals surface area (Å²) < 4.78 is 27.2. The van der Waals surface area contributed by atoms with E-state index < -0.39 is 15.1 Å². The highest BCUT2D eigenvalue weighted by atomic mass is 35.5. The van der Waals surface area contributed by atoms with Gasteiger partial charge in [0.25, 0.3) is 15.9 Å². The van der Waals surface area contributed by atoms with Gasteiger partial charge in [-0.15, -0.1) is 0 Å². The van der Waals surface area contributed by atoms with Crippen molar-refractivity contribution < 1.29 is 17.6 Å². The first-order valence-corrected chi connectivity index (χ1v) is 7.79. The van der Waals surface area contributed by atoms with Crippen LogP contribution in [0.5, 0.6) is 0 Å². The summed E-state index contributed by atoms with van der Waals surface area (Å²) >= 11 is 5.79. The molecule has 106 valence electrons. The van der Waals surface area contributed by atoms with Crippen LogP contribution in [0.1, 0.15) is 37.0 Å². The van der Waals surface area contributed by atoms with E-state index in [1.807, 2.05) is 13.8 Å². The summed E-state index contributed by atoms with van der Waals surface area (Å²) in [7, 11) is -4.01. The fourth-order valence-corrected chi connectivity index (χ4v) is 3.11. The van der Waals surface area contributed by atoms with Crippen molar-refractivity contribution >= 4 is 27.5 Å². The van der Waals surface area contributed by atoms with E-state index in [9.17, 15) is 13.2 Å². The Bertz CT molecular complexity index is 600. The predicted octanol–water partition coefficient (Wildman–Crippen LogP) is 1.59. The van der Waals surface area contributed by atoms with Crippen molar-refractivity contribution in [3.63, 3.8) is 0 Å². The van der Waals surface area contributed by atoms with Crippen LogP contribution in [0.2, 0.25) is 5.22 Å². The second-order valence-electron chi connectivity index (χ2n) is 4.79. The molecule has 2 N–H and O–H groups in total. The van der Waals surface area contributed by atoms with Crippen LogP contribution in [-0.2, 0) is 10.0 Å². The lowest BCUT2D eigenvalue weighted by atomic mass is 10.2. The molecule has 1 aliphatic rings. The minimum atomic E-state index is -4.01. The lowest BCUT2D eigenvalue weighted by molar-refractivity contribution is 0.0692. The predicted molar refractivity (Wildman–Crippen MR) is 69.4 cm³/mol. The van der Waals surface area contributed by atoms with E-state index in [4.69, 9.17) is 21.2 Å². The lowest BCUT2D eigenvalue weighted by Gasteiger charge is -2.25. The van der Waals surface area contributed by atoms with Gasteiger partial charge in [-0.1, -0.05) is 0 Å². The lowest BCUT2D eigenvalue weighted by Crippen LogP contribution is -2.38. The molecule has 1 aliphatic heterocycles. The van der Waals surface area contributed by atoms with Gasteiger partial charge >= 0.3 is 0 Å². The minimum Gasteiger partial charge on any atom is -0.431 e. The number of hydrogen-bond acceptors (Lipinski definition) is 4. The van der Waals surface area contributed by atoms with E-state index >= 15 is 0 Å². The van der Waals surface area contributed by atoms with Crippen molar-refractivity contribution in [1.29, 1.82) is 0 Å². The Labute approximate surface area is 116 Å². The van der Waals surface area contributed by atoms with E-state index in [-0.39, 0.29) is 28.8 Å². The number of hydrogen-bond donors (Lipinski definition) is 1. The number of carbonyl (C=O) groups excluding carboxylic acids is 1. The summed E-state index contributed by atoms with van der Waals surface area (Å²) in [4.78, 5) is 14.1. The van der Waals surface area contributed by atoms with E-state index in [1.54, 1.807) is 4.90 Å². The largest absolute Gasteiger partial charge is 0.431 e. The van der Waals surface area contributed by atoms with Gasteiger partial charge in [0.1, 0.15) is 0 Å². The highest BCUT2D eigenvalue weighted by Gasteiger charge is 2.34. The average Bonchev–Trinajstić information content (AvgIpc) is 2.81. The molecule has 8 heteroatoms. The van der Waals surface area contributed by atoms with Crippen LogP contribution < -0.4 is 5.14 Å². The molecular weight excluding hydrogens is 292 g/mol. The zero-order chi connectivity index (χ0) is 14.4. The van der Waals surface area contributed by atoms with Crippen molar-refractivity contribution in [3.8, 4) is 0 Å². The number of likely N-dealkylation sites (tertiary alicyclic amines) is 1. The Morgan fingerprint density at radius 1 is 1.42 bits per heavy atom. The molecule has 2 unspecified atom stereocenters. The number of nitrogens with two attached hydrogens (primary N) is 1. The molecule has 0 saturated carbocycles. The van der Waals surface area contributed by atoms with Gasteiger partial charge < -0.3 is 9.32 Å². The standard InChI is InChI=1S/C11H15ClN2O4S/c1-6-3-4-7(2)14(6)11(15)8-5-9(18-10(8)12)19(13,16)17/h5-7H,3-4H2,1-2H3,(H2,13,16,17). The van der Waals surface area contributed by atoms with Gasteiger partial charge in [-0.25, -0.2) is 13.6 Å². The van der Waals surface area contributed by atoms with Crippen LogP contribution in [-0.4, -0.2) is 31.3 Å². The van der Waals surface area contributed by atoms with Gasteiger partial charge in [-0.2, -0.15) is 0 Å². The molecule has 1 aromatic heterocycles. The molecule has 0 aliphatic carbocycles. The Morgan fingerprint density at radius 3 is 2.37 bits per heavy atom. The van der Waals surface area contributed by atoms with Crippen LogP contribution >= 0.6 is 11.6 Å². The molecule has 19 heavy (non-hydrogen) atoms. The smallest absolute Gasteiger partial charge is 0.271 e. The van der Waals surface area contributed by atoms with E-state index in [0.29, 0.717) is 0 Å². The first-order chi connectivity index (χ1) is 8.71. The number of carbonyl (C=O) groups is 1. The highest BCUT2D eigenvalue weighted by Crippen LogP contribution is 2.30. The molecule has 0 bridgehead atoms. The Morgan fingerprint density at radius 2 is 1.95 bits per heavy atom. The maximum atomic E-state index is 12.4. The third-order valence-corrected chi connectivity index (χ3v) is 4.40. The molecule has 1 aromatic rings. The van der Waals surface area contributed by atoms with Crippen LogP contribution in [0, 0.1) is 0 Å². The van der Waals surface area contributed by atoms with E-state index in [0.717, 1.165) is 18.9 Å². The van der Waals surface area contributed by atoms with Gasteiger partial charge in [0, 0.05) is 18.2 Å². The van der Waals surface area contributed by atoms with E-state index in [1.165, 1.54) is 0 Å². The molecule has 6 nitrogen and oxygen atoms in total. The second kappa shape index (κ2) is 4.81. The molecule has 0 radical (unpaired) electrons. The van der Waals surface area contributed by atoms with Crippen LogP contribution in [0.25, 0.3) is 0 Å². The molecular formula is C11H15ClN2O4S. The second-order valence-corrected chi connectivity index (χ2v) is 6.62. The van der Waals surface area contributed by atoms with Gasteiger partial charge in [-0.05, 0) is 38.3 Å². The summed E-state index contributed by atoms with van der Waals surface area (Å²) in [5.74, 6) is -0.332. The minimum absolute atomic E-state index is 0.0336. The number of furan rings is 1. The Kier molecular flexibility index (Phi) is 3.63. The molecule has 0 spiro atoms. The first-order valence-electron chi connectivity index (χ1n) is 5.86. The maximum Gasteiger partial charge on any atom is 0.271 e. The number of rotatable bonds is 2. The Hall–Kier alpha value is -1.05. The molecule has 2 atom stereocenters. The molecule has 1 saturated heterocycles. The quantitative estimate of drug-likeness (QED) is 0.898. The molecule has 1 amide bonds. The van der Waals surface area contributed by atoms with Crippen molar-refractivity contribution in [1.82, 2.24) is 4.90 Å². The summed E-state index contributed by atoms with van der Waals surface area (Å²) in [5, 5.41) is 4.19. The zero-order valence-corrected chi connectivity index (χ0v) is 12.2. The Balaban J connectivity index is 2.37. The fraction of sp³-hybridized carbons (Fsp3) is 0.545. The van der Waals surface area contributed by atoms with Gasteiger partial charge in [-0.3, -0.25) is 4.79 Å². The van der Waals surface area contributed by atoms with Crippen molar-refractivity contribution in [2.45, 2.75) is 43.9 Å². The molecule has 0 aromatic carbocycles. The maximum absolute atomic E-state index is 12.4. The monoisotopic (exact) mass is 306 g/mol. The van der Waals surface area contributed by atoms with Crippen molar-refractivity contribution in [2.75, 3.05) is 0 Å². The summed E-state index contributed by atoms with van der Waals surface area (Å²) in [6.45, 7) is 3.88. The number of nitrogens with zero attached hydrogens (tertiary/aromatic N) is 1. The number of halogens is 1. The topological polar surface area (TPSA) is 93.6 Å². The molecule has 2 rings (SSSR count). The fourth-order valence-electron chi connectivity index (χ4n) is 2.37. The van der Waals surface area contributed by atoms with Gasteiger partial charge in [0.15, 0.2) is 0 Å². The van der Waals surface area contributed by atoms with Gasteiger partial charge in [0.05, 0.1) is 5.56 Å². The molecule has 1 fully saturated rings. The summed E-state index contributed by atoms with van der Waals surface area (Å²) in [6.07, 6.45) is 1.81. The number of amides is 1. The SMILES string of the molecule is CC1CCC(C)N1C(=O)c1cc(S(N)(=O)=O)oc1Cl.